The molecular weight excluding hydrogens is 242 g/mol. The van der Waals surface area contributed by atoms with Crippen LogP contribution in [0.4, 0.5) is 5.95 Å². The molecule has 92 valence electrons. The first-order chi connectivity index (χ1) is 9.34. The van der Waals surface area contributed by atoms with Gasteiger partial charge in [-0.3, -0.25) is 20.1 Å². The van der Waals surface area contributed by atoms with Crippen molar-refractivity contribution in [3.8, 4) is 0 Å². The topological polar surface area (TPSA) is 80.7 Å². The van der Waals surface area contributed by atoms with Crippen molar-refractivity contribution in [2.45, 2.75) is 0 Å². The molecule has 2 heterocycles. The molecule has 0 radical (unpaired) electrons. The van der Waals surface area contributed by atoms with E-state index in [-0.39, 0.29) is 11.9 Å². The van der Waals surface area contributed by atoms with Gasteiger partial charge in [-0.15, -0.1) is 0 Å². The maximum Gasteiger partial charge on any atom is 0.260 e. The Hall–Kier alpha value is -2.89. The molecule has 0 aliphatic rings. The van der Waals surface area contributed by atoms with E-state index in [1.165, 1.54) is 0 Å². The van der Waals surface area contributed by atoms with E-state index < -0.39 is 0 Å². The first-order valence-corrected chi connectivity index (χ1v) is 5.63. The average Bonchev–Trinajstić information content (AvgIpc) is 2.47. The van der Waals surface area contributed by atoms with Crippen molar-refractivity contribution < 1.29 is 4.79 Å². The third-order valence-corrected chi connectivity index (χ3v) is 2.53. The van der Waals surface area contributed by atoms with Crippen molar-refractivity contribution in [1.82, 2.24) is 19.9 Å². The fourth-order valence-electron chi connectivity index (χ4n) is 1.71. The molecule has 1 N–H and O–H groups in total. The summed E-state index contributed by atoms with van der Waals surface area (Å²) in [4.78, 5) is 28.4. The second-order valence-corrected chi connectivity index (χ2v) is 3.76. The Balaban J connectivity index is 1.98. The number of amides is 1. The number of carbonyl (C=O) groups excluding carboxylic acids is 1. The quantitative estimate of drug-likeness (QED) is 0.749. The molecule has 3 aromatic rings. The molecule has 0 saturated heterocycles. The van der Waals surface area contributed by atoms with Gasteiger partial charge in [0.05, 0.1) is 11.1 Å². The van der Waals surface area contributed by atoms with Crippen molar-refractivity contribution in [1.29, 1.82) is 0 Å². The zero-order chi connectivity index (χ0) is 13.1. The summed E-state index contributed by atoms with van der Waals surface area (Å²) in [7, 11) is 0. The van der Waals surface area contributed by atoms with Gasteiger partial charge >= 0.3 is 0 Å². The molecular formula is C13H9N5O. The van der Waals surface area contributed by atoms with Crippen LogP contribution in [0.25, 0.3) is 11.0 Å². The van der Waals surface area contributed by atoms with E-state index in [1.54, 1.807) is 49.1 Å². The van der Waals surface area contributed by atoms with Gasteiger partial charge in [0.15, 0.2) is 0 Å². The van der Waals surface area contributed by atoms with E-state index in [0.29, 0.717) is 16.6 Å². The molecule has 0 bridgehead atoms. The van der Waals surface area contributed by atoms with Crippen LogP contribution in [0.3, 0.4) is 0 Å². The molecule has 0 fully saturated rings. The molecule has 0 aliphatic heterocycles. The molecule has 0 saturated carbocycles. The highest BCUT2D eigenvalue weighted by Gasteiger charge is 2.12. The monoisotopic (exact) mass is 251 g/mol. The number of rotatable bonds is 2. The van der Waals surface area contributed by atoms with Crippen molar-refractivity contribution >= 4 is 22.9 Å². The van der Waals surface area contributed by atoms with Gasteiger partial charge in [0, 0.05) is 24.8 Å². The number of para-hydroxylation sites is 1. The smallest absolute Gasteiger partial charge is 0.260 e. The van der Waals surface area contributed by atoms with Crippen LogP contribution in [0, 0.1) is 0 Å². The average molecular weight is 251 g/mol. The predicted molar refractivity (Wildman–Crippen MR) is 69.5 cm³/mol. The lowest BCUT2D eigenvalue weighted by Crippen LogP contribution is -2.14. The highest BCUT2D eigenvalue weighted by Crippen LogP contribution is 2.14. The molecule has 19 heavy (non-hydrogen) atoms. The number of carbonyl (C=O) groups is 1. The minimum absolute atomic E-state index is 0.258. The second kappa shape index (κ2) is 4.77. The molecule has 0 unspecified atom stereocenters. The second-order valence-electron chi connectivity index (χ2n) is 3.76. The Kier molecular flexibility index (Phi) is 2.82. The van der Waals surface area contributed by atoms with Crippen molar-refractivity contribution in [3.05, 3.63) is 54.6 Å². The lowest BCUT2D eigenvalue weighted by Gasteiger charge is -2.05. The Morgan fingerprint density at radius 1 is 0.895 bits per heavy atom. The van der Waals surface area contributed by atoms with Gasteiger partial charge in [-0.25, -0.2) is 9.97 Å². The lowest BCUT2D eigenvalue weighted by molar-refractivity contribution is 0.102. The summed E-state index contributed by atoms with van der Waals surface area (Å²) in [6.07, 6.45) is 6.26. The minimum atomic E-state index is -0.308. The van der Waals surface area contributed by atoms with Crippen LogP contribution in [0.2, 0.25) is 0 Å². The van der Waals surface area contributed by atoms with Crippen LogP contribution < -0.4 is 5.32 Å². The van der Waals surface area contributed by atoms with Gasteiger partial charge in [-0.1, -0.05) is 6.07 Å². The van der Waals surface area contributed by atoms with Crippen LogP contribution in [0.15, 0.2) is 49.1 Å². The molecule has 0 spiro atoms. The standard InChI is InChI=1S/C13H9N5O/c19-12(18-13-16-5-2-6-17-13)9-3-1-4-10-11(9)15-8-7-14-10/h1-8H,(H,16,17,18,19). The zero-order valence-corrected chi connectivity index (χ0v) is 9.82. The SMILES string of the molecule is O=C(Nc1ncccn1)c1cccc2nccnc12. The number of hydrogen-bond acceptors (Lipinski definition) is 5. The molecule has 6 nitrogen and oxygen atoms in total. The summed E-state index contributed by atoms with van der Waals surface area (Å²) >= 11 is 0. The molecule has 1 amide bonds. The number of anilines is 1. The van der Waals surface area contributed by atoms with Gasteiger partial charge in [0.25, 0.3) is 5.91 Å². The summed E-state index contributed by atoms with van der Waals surface area (Å²) < 4.78 is 0. The molecule has 0 atom stereocenters. The third kappa shape index (κ3) is 2.23. The molecule has 6 heteroatoms. The van der Waals surface area contributed by atoms with E-state index in [0.717, 1.165) is 0 Å². The lowest BCUT2D eigenvalue weighted by atomic mass is 10.1. The summed E-state index contributed by atoms with van der Waals surface area (Å²) in [6.45, 7) is 0. The van der Waals surface area contributed by atoms with Crippen LogP contribution >= 0.6 is 0 Å². The van der Waals surface area contributed by atoms with E-state index >= 15 is 0 Å². The third-order valence-electron chi connectivity index (χ3n) is 2.53. The first kappa shape index (κ1) is 11.2. The number of hydrogen-bond donors (Lipinski definition) is 1. The highest BCUT2D eigenvalue weighted by molar-refractivity contribution is 6.10. The number of benzene rings is 1. The normalized spacial score (nSPS) is 10.3. The molecule has 2 aromatic heterocycles. The zero-order valence-electron chi connectivity index (χ0n) is 9.82. The van der Waals surface area contributed by atoms with Gasteiger partial charge in [0.1, 0.15) is 5.52 Å². The first-order valence-electron chi connectivity index (χ1n) is 5.63. The fraction of sp³-hybridized carbons (Fsp3) is 0. The Morgan fingerprint density at radius 2 is 1.68 bits per heavy atom. The summed E-state index contributed by atoms with van der Waals surface area (Å²) in [5.41, 5.74) is 1.67. The fourth-order valence-corrected chi connectivity index (χ4v) is 1.71. The summed E-state index contributed by atoms with van der Waals surface area (Å²) in [5.74, 6) is -0.0503. The van der Waals surface area contributed by atoms with Crippen LogP contribution in [-0.2, 0) is 0 Å². The summed E-state index contributed by atoms with van der Waals surface area (Å²) in [5, 5.41) is 2.62. The predicted octanol–water partition coefficient (Wildman–Crippen LogP) is 1.67. The van der Waals surface area contributed by atoms with Gasteiger partial charge in [-0.05, 0) is 18.2 Å². The Labute approximate surface area is 108 Å². The number of nitrogens with one attached hydrogen (secondary N) is 1. The van der Waals surface area contributed by atoms with E-state index in [4.69, 9.17) is 0 Å². The number of aromatic nitrogens is 4. The van der Waals surface area contributed by atoms with E-state index in [9.17, 15) is 4.79 Å². The van der Waals surface area contributed by atoms with Crippen molar-refractivity contribution in [2.24, 2.45) is 0 Å². The van der Waals surface area contributed by atoms with Gasteiger partial charge < -0.3 is 0 Å². The maximum absolute atomic E-state index is 12.2. The molecule has 1 aromatic carbocycles. The van der Waals surface area contributed by atoms with Crippen LogP contribution in [0.1, 0.15) is 10.4 Å². The van der Waals surface area contributed by atoms with Crippen molar-refractivity contribution in [2.75, 3.05) is 5.32 Å². The van der Waals surface area contributed by atoms with Crippen LogP contribution in [0.5, 0.6) is 0 Å². The minimum Gasteiger partial charge on any atom is -0.290 e. The van der Waals surface area contributed by atoms with Crippen molar-refractivity contribution in [3.63, 3.8) is 0 Å². The molecule has 3 rings (SSSR count). The van der Waals surface area contributed by atoms with Gasteiger partial charge in [-0.2, -0.15) is 0 Å². The Morgan fingerprint density at radius 3 is 2.53 bits per heavy atom. The van der Waals surface area contributed by atoms with Gasteiger partial charge in [0.2, 0.25) is 5.95 Å². The number of nitrogens with zero attached hydrogens (tertiary/aromatic N) is 4. The van der Waals surface area contributed by atoms with Crippen LogP contribution in [-0.4, -0.2) is 25.8 Å². The number of fused-ring (bicyclic) bond motifs is 1. The highest BCUT2D eigenvalue weighted by atomic mass is 16.1. The largest absolute Gasteiger partial charge is 0.290 e. The van der Waals surface area contributed by atoms with E-state index in [1.807, 2.05) is 0 Å². The molecule has 0 aliphatic carbocycles. The van der Waals surface area contributed by atoms with E-state index in [2.05, 4.69) is 25.3 Å². The summed E-state index contributed by atoms with van der Waals surface area (Å²) in [6, 6.07) is 6.93. The maximum atomic E-state index is 12.2. The Bertz CT molecular complexity index is 724.